The molecule has 2 aromatic carbocycles. The third-order valence-corrected chi connectivity index (χ3v) is 5.06. The van der Waals surface area contributed by atoms with Gasteiger partial charge in [-0.15, -0.1) is 0 Å². The number of hydrogen-bond acceptors (Lipinski definition) is 3. The topological polar surface area (TPSA) is 78.4 Å². The Bertz CT molecular complexity index is 941. The minimum atomic E-state index is -0.473. The smallest absolute Gasteiger partial charge is 0.253 e. The zero-order valence-corrected chi connectivity index (χ0v) is 16.0. The van der Waals surface area contributed by atoms with Crippen molar-refractivity contribution in [2.45, 2.75) is 25.7 Å². The van der Waals surface area contributed by atoms with Crippen LogP contribution in [0, 0.1) is 12.7 Å². The molecule has 1 aliphatic rings. The molecule has 2 amide bonds. The van der Waals surface area contributed by atoms with Gasteiger partial charge in [0.2, 0.25) is 5.91 Å². The van der Waals surface area contributed by atoms with Gasteiger partial charge >= 0.3 is 0 Å². The number of carbonyl (C=O) groups is 2. The van der Waals surface area contributed by atoms with E-state index in [4.69, 9.17) is 11.6 Å². The molecule has 2 aromatic rings. The Morgan fingerprint density at radius 2 is 2.04 bits per heavy atom. The van der Waals surface area contributed by atoms with Gasteiger partial charge in [-0.3, -0.25) is 9.59 Å². The number of carbonyl (C=O) groups excluding carboxylic acids is 2. The summed E-state index contributed by atoms with van der Waals surface area (Å²) in [5.74, 6) is -1.43. The first-order chi connectivity index (χ1) is 13.4. The molecule has 0 saturated heterocycles. The Kier molecular flexibility index (Phi) is 6.11. The third-order valence-electron chi connectivity index (χ3n) is 4.71. The summed E-state index contributed by atoms with van der Waals surface area (Å²) in [7, 11) is 0. The van der Waals surface area contributed by atoms with Crippen molar-refractivity contribution < 1.29 is 19.1 Å². The summed E-state index contributed by atoms with van der Waals surface area (Å²) in [6.45, 7) is 1.76. The summed E-state index contributed by atoms with van der Waals surface area (Å²) in [5, 5.41) is 15.1. The molecule has 3 N–H and O–H groups in total. The molecule has 0 aliphatic carbocycles. The summed E-state index contributed by atoms with van der Waals surface area (Å²) in [5.41, 5.74) is 3.15. The van der Waals surface area contributed by atoms with Crippen LogP contribution in [0.5, 0.6) is 0 Å². The molecule has 0 saturated carbocycles. The molecule has 0 radical (unpaired) electrons. The summed E-state index contributed by atoms with van der Waals surface area (Å²) in [4.78, 5) is 24.8. The molecule has 1 aliphatic heterocycles. The standard InChI is InChI=1S/C21H20ClFN2O3/c1-12-8-18(22)14(6-7-26)9-19(12)25-21(28)17-11-24-20(27)10-16(17)13-2-4-15(23)5-3-13/h2-5,8-9,11,16,26H,6-7,10H2,1H3,(H,24,27)(H,25,28). The molecule has 0 aromatic heterocycles. The number of amides is 2. The predicted octanol–water partition coefficient (Wildman–Crippen LogP) is 3.45. The van der Waals surface area contributed by atoms with Crippen LogP contribution in [0.1, 0.15) is 29.0 Å². The van der Waals surface area contributed by atoms with Gasteiger partial charge in [-0.2, -0.15) is 0 Å². The predicted molar refractivity (Wildman–Crippen MR) is 106 cm³/mol. The number of aliphatic hydroxyl groups is 1. The van der Waals surface area contributed by atoms with E-state index < -0.39 is 5.92 Å². The van der Waals surface area contributed by atoms with Gasteiger partial charge < -0.3 is 15.7 Å². The molecule has 3 rings (SSSR count). The maximum absolute atomic E-state index is 13.2. The molecule has 146 valence electrons. The molecule has 0 bridgehead atoms. The lowest BCUT2D eigenvalue weighted by atomic mass is 9.86. The van der Waals surface area contributed by atoms with Crippen LogP contribution in [0.25, 0.3) is 0 Å². The third kappa shape index (κ3) is 4.40. The normalized spacial score (nSPS) is 16.4. The first kappa shape index (κ1) is 20.0. The molecule has 0 spiro atoms. The van der Waals surface area contributed by atoms with Crippen molar-refractivity contribution in [3.63, 3.8) is 0 Å². The lowest BCUT2D eigenvalue weighted by Crippen LogP contribution is -2.32. The molecule has 0 fully saturated rings. The van der Waals surface area contributed by atoms with Gasteiger partial charge in [0.15, 0.2) is 0 Å². The molecular formula is C21H20ClFN2O3. The van der Waals surface area contributed by atoms with Gasteiger partial charge in [-0.05, 0) is 54.3 Å². The highest BCUT2D eigenvalue weighted by atomic mass is 35.5. The maximum atomic E-state index is 13.2. The van der Waals surface area contributed by atoms with Crippen LogP contribution in [0.2, 0.25) is 5.02 Å². The van der Waals surface area contributed by atoms with Gasteiger partial charge in [-0.25, -0.2) is 4.39 Å². The van der Waals surface area contributed by atoms with Crippen LogP contribution in [0.3, 0.4) is 0 Å². The molecule has 1 heterocycles. The average molecular weight is 403 g/mol. The largest absolute Gasteiger partial charge is 0.396 e. The average Bonchev–Trinajstić information content (AvgIpc) is 2.66. The van der Waals surface area contributed by atoms with Crippen LogP contribution in [0.4, 0.5) is 10.1 Å². The Balaban J connectivity index is 1.89. The monoisotopic (exact) mass is 402 g/mol. The molecule has 7 heteroatoms. The van der Waals surface area contributed by atoms with E-state index in [0.29, 0.717) is 28.3 Å². The second-order valence-electron chi connectivity index (χ2n) is 6.66. The van der Waals surface area contributed by atoms with E-state index in [1.54, 1.807) is 24.3 Å². The van der Waals surface area contributed by atoms with E-state index in [9.17, 15) is 19.1 Å². The minimum Gasteiger partial charge on any atom is -0.396 e. The van der Waals surface area contributed by atoms with E-state index >= 15 is 0 Å². The number of benzene rings is 2. The lowest BCUT2D eigenvalue weighted by Gasteiger charge is -2.24. The lowest BCUT2D eigenvalue weighted by molar-refractivity contribution is -0.121. The summed E-state index contributed by atoms with van der Waals surface area (Å²) in [6.07, 6.45) is 1.87. The zero-order valence-electron chi connectivity index (χ0n) is 15.3. The second kappa shape index (κ2) is 8.54. The Morgan fingerprint density at radius 3 is 2.71 bits per heavy atom. The fraction of sp³-hybridized carbons (Fsp3) is 0.238. The highest BCUT2D eigenvalue weighted by Crippen LogP contribution is 2.32. The molecular weight excluding hydrogens is 383 g/mol. The van der Waals surface area contributed by atoms with E-state index in [-0.39, 0.29) is 30.7 Å². The van der Waals surface area contributed by atoms with Crippen LogP contribution >= 0.6 is 11.6 Å². The first-order valence-electron chi connectivity index (χ1n) is 8.85. The zero-order chi connectivity index (χ0) is 20.3. The van der Waals surface area contributed by atoms with E-state index in [1.807, 2.05) is 6.92 Å². The first-order valence-corrected chi connectivity index (χ1v) is 9.23. The van der Waals surface area contributed by atoms with Crippen LogP contribution in [-0.2, 0) is 16.0 Å². The van der Waals surface area contributed by atoms with Crippen molar-refractivity contribution in [2.24, 2.45) is 0 Å². The van der Waals surface area contributed by atoms with Crippen LogP contribution < -0.4 is 10.6 Å². The van der Waals surface area contributed by atoms with E-state index in [2.05, 4.69) is 10.6 Å². The highest BCUT2D eigenvalue weighted by molar-refractivity contribution is 6.31. The molecule has 28 heavy (non-hydrogen) atoms. The van der Waals surface area contributed by atoms with Crippen molar-refractivity contribution in [2.75, 3.05) is 11.9 Å². The summed E-state index contributed by atoms with van der Waals surface area (Å²) < 4.78 is 13.2. The van der Waals surface area contributed by atoms with Crippen molar-refractivity contribution in [3.05, 3.63) is 75.7 Å². The SMILES string of the molecule is Cc1cc(Cl)c(CCO)cc1NC(=O)C1=CNC(=O)CC1c1ccc(F)cc1. The summed E-state index contributed by atoms with van der Waals surface area (Å²) in [6, 6.07) is 9.24. The minimum absolute atomic E-state index is 0.0556. The number of halogens is 2. The van der Waals surface area contributed by atoms with E-state index in [1.165, 1.54) is 18.3 Å². The van der Waals surface area contributed by atoms with Crippen molar-refractivity contribution >= 4 is 29.1 Å². The fourth-order valence-corrected chi connectivity index (χ4v) is 3.50. The number of anilines is 1. The summed E-state index contributed by atoms with van der Waals surface area (Å²) >= 11 is 6.18. The molecule has 1 atom stereocenters. The number of rotatable bonds is 5. The van der Waals surface area contributed by atoms with Gasteiger partial charge in [0.05, 0.1) is 0 Å². The number of nitrogens with one attached hydrogen (secondary N) is 2. The number of aliphatic hydroxyl groups excluding tert-OH is 1. The Morgan fingerprint density at radius 1 is 1.32 bits per heavy atom. The Labute approximate surface area is 167 Å². The van der Waals surface area contributed by atoms with Crippen LogP contribution in [0.15, 0.2) is 48.2 Å². The number of aryl methyl sites for hydroxylation is 1. The fourth-order valence-electron chi connectivity index (χ4n) is 3.19. The highest BCUT2D eigenvalue weighted by Gasteiger charge is 2.29. The van der Waals surface area contributed by atoms with Crippen molar-refractivity contribution in [1.82, 2.24) is 5.32 Å². The molecule has 5 nitrogen and oxygen atoms in total. The van der Waals surface area contributed by atoms with Gasteiger partial charge in [-0.1, -0.05) is 23.7 Å². The van der Waals surface area contributed by atoms with E-state index in [0.717, 1.165) is 11.1 Å². The van der Waals surface area contributed by atoms with Gasteiger partial charge in [0.25, 0.3) is 5.91 Å². The van der Waals surface area contributed by atoms with Crippen molar-refractivity contribution in [1.29, 1.82) is 0 Å². The van der Waals surface area contributed by atoms with Crippen molar-refractivity contribution in [3.8, 4) is 0 Å². The Hall–Kier alpha value is -2.70. The van der Waals surface area contributed by atoms with Crippen LogP contribution in [-0.4, -0.2) is 23.5 Å². The molecule has 1 unspecified atom stereocenters. The number of hydrogen-bond donors (Lipinski definition) is 3. The van der Waals surface area contributed by atoms with Gasteiger partial charge in [0.1, 0.15) is 5.82 Å². The van der Waals surface area contributed by atoms with Gasteiger partial charge in [0, 0.05) is 41.4 Å². The quantitative estimate of drug-likeness (QED) is 0.716. The maximum Gasteiger partial charge on any atom is 0.253 e. The second-order valence-corrected chi connectivity index (χ2v) is 7.07.